The fourth-order valence-corrected chi connectivity index (χ4v) is 4.15. The number of hydrazine groups is 1. The van der Waals surface area contributed by atoms with Gasteiger partial charge in [0.1, 0.15) is 5.56 Å². The van der Waals surface area contributed by atoms with E-state index in [9.17, 15) is 10.1 Å². The van der Waals surface area contributed by atoms with Crippen LogP contribution in [-0.2, 0) is 0 Å². The minimum absolute atomic E-state index is 0.235. The van der Waals surface area contributed by atoms with Gasteiger partial charge in [0.05, 0.1) is 23.5 Å². The Morgan fingerprint density at radius 2 is 1.78 bits per heavy atom. The predicted molar refractivity (Wildman–Crippen MR) is 122 cm³/mol. The van der Waals surface area contributed by atoms with Crippen LogP contribution < -0.4 is 5.43 Å². The zero-order chi connectivity index (χ0) is 22.1. The summed E-state index contributed by atoms with van der Waals surface area (Å²) in [7, 11) is 0. The summed E-state index contributed by atoms with van der Waals surface area (Å²) in [5.41, 5.74) is 7.38. The fourth-order valence-electron chi connectivity index (χ4n) is 4.02. The van der Waals surface area contributed by atoms with Crippen molar-refractivity contribution in [3.63, 3.8) is 0 Å². The average Bonchev–Trinajstić information content (AvgIpc) is 3.49. The van der Waals surface area contributed by atoms with E-state index in [4.69, 9.17) is 11.6 Å². The summed E-state index contributed by atoms with van der Waals surface area (Å²) >= 11 is 6.11. The number of fused-ring (bicyclic) bond motifs is 1. The zero-order valence-corrected chi connectivity index (χ0v) is 17.9. The summed E-state index contributed by atoms with van der Waals surface area (Å²) in [6.45, 7) is 1.67. The summed E-state index contributed by atoms with van der Waals surface area (Å²) in [6, 6.07) is 17.0. The Morgan fingerprint density at radius 1 is 1.03 bits per heavy atom. The average molecular weight is 443 g/mol. The Bertz CT molecular complexity index is 1350. The Labute approximate surface area is 189 Å². The van der Waals surface area contributed by atoms with Crippen LogP contribution in [0.5, 0.6) is 0 Å². The molecule has 1 aliphatic rings. The topological polar surface area (TPSA) is 86.3 Å². The molecule has 158 valence electrons. The van der Waals surface area contributed by atoms with Gasteiger partial charge in [-0.1, -0.05) is 41.9 Å². The maximum absolute atomic E-state index is 12.9. The van der Waals surface area contributed by atoms with Gasteiger partial charge in [0.15, 0.2) is 5.65 Å². The molecule has 0 radical (unpaired) electrons. The lowest BCUT2D eigenvalue weighted by Crippen LogP contribution is -2.40. The maximum Gasteiger partial charge on any atom is 0.271 e. The van der Waals surface area contributed by atoms with E-state index in [0.29, 0.717) is 21.8 Å². The first-order chi connectivity index (χ1) is 15.7. The highest BCUT2D eigenvalue weighted by molar-refractivity contribution is 6.30. The van der Waals surface area contributed by atoms with Crippen LogP contribution in [0.15, 0.2) is 60.9 Å². The van der Waals surface area contributed by atoms with Crippen molar-refractivity contribution >= 4 is 23.2 Å². The SMILES string of the molecule is N#Cc1ccccc1-c1cnc2c(C(=O)NN3CCCC3)cnn2c1-c1ccc(Cl)cc1. The summed E-state index contributed by atoms with van der Waals surface area (Å²) in [6.07, 6.45) is 5.36. The Balaban J connectivity index is 1.69. The summed E-state index contributed by atoms with van der Waals surface area (Å²) in [5, 5.41) is 16.7. The number of nitriles is 1. The number of rotatable bonds is 4. The van der Waals surface area contributed by atoms with Gasteiger partial charge in [0.25, 0.3) is 5.91 Å². The number of benzene rings is 2. The highest BCUT2D eigenvalue weighted by Crippen LogP contribution is 2.34. The van der Waals surface area contributed by atoms with Gasteiger partial charge in [-0.25, -0.2) is 14.5 Å². The van der Waals surface area contributed by atoms with E-state index in [-0.39, 0.29) is 5.91 Å². The molecule has 32 heavy (non-hydrogen) atoms. The smallest absolute Gasteiger partial charge is 0.271 e. The van der Waals surface area contributed by atoms with Gasteiger partial charge in [0.2, 0.25) is 0 Å². The molecular weight excluding hydrogens is 424 g/mol. The molecule has 0 bridgehead atoms. The monoisotopic (exact) mass is 442 g/mol. The molecule has 0 unspecified atom stereocenters. The summed E-state index contributed by atoms with van der Waals surface area (Å²) in [4.78, 5) is 17.5. The van der Waals surface area contributed by atoms with Crippen LogP contribution in [0.1, 0.15) is 28.8 Å². The number of halogens is 1. The molecule has 1 N–H and O–H groups in total. The number of aromatic nitrogens is 3. The van der Waals surface area contributed by atoms with Crippen LogP contribution in [0.25, 0.3) is 28.0 Å². The normalized spacial score (nSPS) is 13.9. The van der Waals surface area contributed by atoms with Gasteiger partial charge in [-0.05, 0) is 31.0 Å². The molecule has 0 aliphatic carbocycles. The second-order valence-electron chi connectivity index (χ2n) is 7.61. The number of carbonyl (C=O) groups is 1. The van der Waals surface area contributed by atoms with E-state index in [0.717, 1.165) is 48.3 Å². The Hall–Kier alpha value is -3.73. The molecule has 0 spiro atoms. The molecule has 1 fully saturated rings. The van der Waals surface area contributed by atoms with Crippen molar-refractivity contribution in [2.24, 2.45) is 0 Å². The second-order valence-corrected chi connectivity index (χ2v) is 8.05. The van der Waals surface area contributed by atoms with E-state index < -0.39 is 0 Å². The zero-order valence-electron chi connectivity index (χ0n) is 17.1. The third-order valence-electron chi connectivity index (χ3n) is 5.59. The lowest BCUT2D eigenvalue weighted by Gasteiger charge is -2.16. The number of amides is 1. The third-order valence-corrected chi connectivity index (χ3v) is 5.84. The molecule has 5 rings (SSSR count). The van der Waals surface area contributed by atoms with E-state index in [1.165, 1.54) is 6.20 Å². The number of nitrogens with one attached hydrogen (secondary N) is 1. The molecule has 0 saturated carbocycles. The quantitative estimate of drug-likeness (QED) is 0.508. The first-order valence-corrected chi connectivity index (χ1v) is 10.7. The van der Waals surface area contributed by atoms with Crippen molar-refractivity contribution in [1.29, 1.82) is 5.26 Å². The van der Waals surface area contributed by atoms with Crippen molar-refractivity contribution in [3.05, 3.63) is 77.1 Å². The van der Waals surface area contributed by atoms with Crippen LogP contribution in [0.2, 0.25) is 5.02 Å². The molecule has 7 nitrogen and oxygen atoms in total. The first-order valence-electron chi connectivity index (χ1n) is 10.3. The van der Waals surface area contributed by atoms with Crippen molar-refractivity contribution in [1.82, 2.24) is 25.0 Å². The molecule has 8 heteroatoms. The van der Waals surface area contributed by atoms with Gasteiger partial charge in [0, 0.05) is 41.0 Å². The predicted octanol–water partition coefficient (Wildman–Crippen LogP) is 4.33. The fraction of sp³-hybridized carbons (Fsp3) is 0.167. The van der Waals surface area contributed by atoms with Gasteiger partial charge in [-0.3, -0.25) is 10.2 Å². The summed E-state index contributed by atoms with van der Waals surface area (Å²) < 4.78 is 1.66. The van der Waals surface area contributed by atoms with Gasteiger partial charge >= 0.3 is 0 Å². The maximum atomic E-state index is 12.9. The van der Waals surface area contributed by atoms with E-state index >= 15 is 0 Å². The highest BCUT2D eigenvalue weighted by atomic mass is 35.5. The van der Waals surface area contributed by atoms with Crippen molar-refractivity contribution in [2.75, 3.05) is 13.1 Å². The van der Waals surface area contributed by atoms with Crippen LogP contribution in [-0.4, -0.2) is 38.6 Å². The van der Waals surface area contributed by atoms with Crippen LogP contribution in [0, 0.1) is 11.3 Å². The minimum Gasteiger partial charge on any atom is -0.285 e. The number of hydrogen-bond acceptors (Lipinski definition) is 5. The molecule has 3 heterocycles. The standard InChI is InChI=1S/C24H19ClN6O/c25-18-9-7-16(8-10-18)22-20(19-6-2-1-5-17(19)13-26)14-27-23-21(15-28-31(22)23)24(32)29-30-11-3-4-12-30/h1-2,5-10,14-15H,3-4,11-12H2,(H,29,32). The number of carbonyl (C=O) groups excluding carboxylic acids is 1. The minimum atomic E-state index is -0.235. The first kappa shape index (κ1) is 20.2. The van der Waals surface area contributed by atoms with Crippen molar-refractivity contribution < 1.29 is 4.79 Å². The molecule has 0 atom stereocenters. The Kier molecular flexibility index (Phi) is 5.31. The van der Waals surface area contributed by atoms with E-state index in [1.807, 2.05) is 35.3 Å². The molecule has 1 saturated heterocycles. The number of nitrogens with zero attached hydrogens (tertiary/aromatic N) is 5. The number of hydrogen-bond donors (Lipinski definition) is 1. The van der Waals surface area contributed by atoms with Gasteiger partial charge in [-0.2, -0.15) is 10.4 Å². The molecule has 2 aromatic heterocycles. The van der Waals surface area contributed by atoms with Crippen LogP contribution in [0.3, 0.4) is 0 Å². The molecular formula is C24H19ClN6O. The van der Waals surface area contributed by atoms with E-state index in [1.54, 1.807) is 28.9 Å². The largest absolute Gasteiger partial charge is 0.285 e. The molecule has 1 aliphatic heterocycles. The molecule has 4 aromatic rings. The molecule has 1 amide bonds. The van der Waals surface area contributed by atoms with Crippen molar-refractivity contribution in [2.45, 2.75) is 12.8 Å². The van der Waals surface area contributed by atoms with Gasteiger partial charge < -0.3 is 0 Å². The third kappa shape index (κ3) is 3.60. The lowest BCUT2D eigenvalue weighted by atomic mass is 9.97. The van der Waals surface area contributed by atoms with Crippen molar-refractivity contribution in [3.8, 4) is 28.5 Å². The summed E-state index contributed by atoms with van der Waals surface area (Å²) in [5.74, 6) is -0.235. The highest BCUT2D eigenvalue weighted by Gasteiger charge is 2.22. The van der Waals surface area contributed by atoms with Crippen LogP contribution in [0.4, 0.5) is 0 Å². The van der Waals surface area contributed by atoms with Gasteiger partial charge in [-0.15, -0.1) is 0 Å². The van der Waals surface area contributed by atoms with E-state index in [2.05, 4.69) is 21.6 Å². The Morgan fingerprint density at radius 3 is 2.53 bits per heavy atom. The second kappa shape index (κ2) is 8.42. The lowest BCUT2D eigenvalue weighted by molar-refractivity contribution is 0.0827. The molecule has 2 aromatic carbocycles. The van der Waals surface area contributed by atoms with Crippen LogP contribution >= 0.6 is 11.6 Å².